The number of carbonyl (C=O) groups is 2. The molecule has 1 unspecified atom stereocenters. The van der Waals surface area contributed by atoms with Crippen molar-refractivity contribution in [2.45, 2.75) is 32.2 Å². The van der Waals surface area contributed by atoms with E-state index in [1.54, 1.807) is 25.4 Å². The third-order valence-corrected chi connectivity index (χ3v) is 2.41. The maximum atomic E-state index is 11.5. The first-order chi connectivity index (χ1) is 8.13. The molecular formula is C12H16N2O3. The fraction of sp³-hybridized carbons (Fsp3) is 0.417. The van der Waals surface area contributed by atoms with Crippen molar-refractivity contribution < 1.29 is 14.7 Å². The van der Waals surface area contributed by atoms with E-state index >= 15 is 0 Å². The molecule has 0 saturated heterocycles. The molecule has 5 heteroatoms. The van der Waals surface area contributed by atoms with Crippen molar-refractivity contribution in [2.24, 2.45) is 0 Å². The van der Waals surface area contributed by atoms with Crippen molar-refractivity contribution in [3.05, 3.63) is 30.1 Å². The number of rotatable bonds is 6. The number of pyridine rings is 1. The van der Waals surface area contributed by atoms with Gasteiger partial charge >= 0.3 is 5.97 Å². The number of carboxylic acids is 1. The lowest BCUT2D eigenvalue weighted by molar-refractivity contribution is -0.141. The van der Waals surface area contributed by atoms with Gasteiger partial charge < -0.3 is 10.4 Å². The molecule has 0 radical (unpaired) electrons. The standard InChI is InChI=1S/C12H16N2O3/c1-2-10(12(16)17)14-11(15)6-5-9-4-3-7-13-8-9/h3-4,7-8,10H,2,5-6H2,1H3,(H,14,15)(H,16,17). The van der Waals surface area contributed by atoms with Crippen LogP contribution in [0.2, 0.25) is 0 Å². The molecule has 0 fully saturated rings. The first kappa shape index (κ1) is 13.2. The summed E-state index contributed by atoms with van der Waals surface area (Å²) < 4.78 is 0. The van der Waals surface area contributed by atoms with E-state index in [-0.39, 0.29) is 12.3 Å². The topological polar surface area (TPSA) is 79.3 Å². The van der Waals surface area contributed by atoms with Gasteiger partial charge in [-0.15, -0.1) is 0 Å². The Kier molecular flexibility index (Phi) is 5.13. The molecule has 17 heavy (non-hydrogen) atoms. The van der Waals surface area contributed by atoms with Crippen molar-refractivity contribution in [1.29, 1.82) is 0 Å². The van der Waals surface area contributed by atoms with Crippen LogP contribution in [0.25, 0.3) is 0 Å². The number of nitrogens with one attached hydrogen (secondary N) is 1. The highest BCUT2D eigenvalue weighted by Crippen LogP contribution is 2.01. The van der Waals surface area contributed by atoms with E-state index in [9.17, 15) is 9.59 Å². The molecule has 1 atom stereocenters. The van der Waals surface area contributed by atoms with Crippen LogP contribution in [0.5, 0.6) is 0 Å². The minimum Gasteiger partial charge on any atom is -0.480 e. The molecule has 1 aromatic heterocycles. The minimum absolute atomic E-state index is 0.247. The third kappa shape index (κ3) is 4.63. The van der Waals surface area contributed by atoms with E-state index in [4.69, 9.17) is 5.11 Å². The summed E-state index contributed by atoms with van der Waals surface area (Å²) in [5.41, 5.74) is 0.964. The Morgan fingerprint density at radius 1 is 1.53 bits per heavy atom. The Bertz CT molecular complexity index is 379. The molecule has 0 spiro atoms. The van der Waals surface area contributed by atoms with Crippen molar-refractivity contribution >= 4 is 11.9 Å². The van der Waals surface area contributed by atoms with Crippen LogP contribution in [0, 0.1) is 0 Å². The number of aromatic nitrogens is 1. The van der Waals surface area contributed by atoms with Gasteiger partial charge in [0.1, 0.15) is 6.04 Å². The van der Waals surface area contributed by atoms with Gasteiger partial charge in [0, 0.05) is 18.8 Å². The molecule has 5 nitrogen and oxygen atoms in total. The molecule has 0 aromatic carbocycles. The summed E-state index contributed by atoms with van der Waals surface area (Å²) >= 11 is 0. The highest BCUT2D eigenvalue weighted by molar-refractivity contribution is 5.83. The molecule has 2 N–H and O–H groups in total. The zero-order valence-electron chi connectivity index (χ0n) is 9.72. The number of aryl methyl sites for hydroxylation is 1. The molecule has 1 heterocycles. The Balaban J connectivity index is 2.37. The molecule has 92 valence electrons. The smallest absolute Gasteiger partial charge is 0.326 e. The monoisotopic (exact) mass is 236 g/mol. The van der Waals surface area contributed by atoms with Crippen LogP contribution in [0.3, 0.4) is 0 Å². The Hall–Kier alpha value is -1.91. The molecule has 0 aliphatic carbocycles. The maximum Gasteiger partial charge on any atom is 0.326 e. The zero-order chi connectivity index (χ0) is 12.7. The largest absolute Gasteiger partial charge is 0.480 e. The predicted molar refractivity (Wildman–Crippen MR) is 62.4 cm³/mol. The average Bonchev–Trinajstić information content (AvgIpc) is 2.34. The summed E-state index contributed by atoms with van der Waals surface area (Å²) in [5.74, 6) is -1.25. The summed E-state index contributed by atoms with van der Waals surface area (Å²) in [6.45, 7) is 1.72. The number of carbonyl (C=O) groups excluding carboxylic acids is 1. The van der Waals surface area contributed by atoms with Crippen LogP contribution in [0.4, 0.5) is 0 Å². The van der Waals surface area contributed by atoms with Crippen molar-refractivity contribution in [3.63, 3.8) is 0 Å². The number of amides is 1. The number of hydrogen-bond acceptors (Lipinski definition) is 3. The second kappa shape index (κ2) is 6.62. The molecule has 1 aromatic rings. The summed E-state index contributed by atoms with van der Waals surface area (Å²) in [7, 11) is 0. The van der Waals surface area contributed by atoms with Crippen LogP contribution < -0.4 is 5.32 Å². The molecule has 0 aliphatic heterocycles. The van der Waals surface area contributed by atoms with E-state index in [1.165, 1.54) is 0 Å². The van der Waals surface area contributed by atoms with Crippen LogP contribution >= 0.6 is 0 Å². The molecule has 0 aliphatic rings. The van der Waals surface area contributed by atoms with Gasteiger partial charge in [-0.1, -0.05) is 13.0 Å². The lowest BCUT2D eigenvalue weighted by Gasteiger charge is -2.11. The van der Waals surface area contributed by atoms with Crippen molar-refractivity contribution in [3.8, 4) is 0 Å². The number of nitrogens with zero attached hydrogens (tertiary/aromatic N) is 1. The zero-order valence-corrected chi connectivity index (χ0v) is 9.72. The molecule has 0 bridgehead atoms. The summed E-state index contributed by atoms with van der Waals surface area (Å²) in [6, 6.07) is 2.89. The molecule has 0 saturated carbocycles. The molecular weight excluding hydrogens is 220 g/mol. The Labute approximate surface area is 99.9 Å². The van der Waals surface area contributed by atoms with Crippen molar-refractivity contribution in [2.75, 3.05) is 0 Å². The normalized spacial score (nSPS) is 11.8. The van der Waals surface area contributed by atoms with Gasteiger partial charge in [0.25, 0.3) is 0 Å². The highest BCUT2D eigenvalue weighted by atomic mass is 16.4. The summed E-state index contributed by atoms with van der Waals surface area (Å²) in [6.07, 6.45) is 4.59. The van der Waals surface area contributed by atoms with Crippen LogP contribution in [-0.2, 0) is 16.0 Å². The van der Waals surface area contributed by atoms with Gasteiger partial charge in [-0.3, -0.25) is 9.78 Å². The summed E-state index contributed by atoms with van der Waals surface area (Å²) in [5, 5.41) is 11.3. The highest BCUT2D eigenvalue weighted by Gasteiger charge is 2.16. The van der Waals surface area contributed by atoms with Gasteiger partial charge in [0.2, 0.25) is 5.91 Å². The fourth-order valence-electron chi connectivity index (χ4n) is 1.41. The van der Waals surface area contributed by atoms with Gasteiger partial charge in [-0.2, -0.15) is 0 Å². The second-order valence-electron chi connectivity index (χ2n) is 3.73. The van der Waals surface area contributed by atoms with Crippen LogP contribution in [-0.4, -0.2) is 28.0 Å². The SMILES string of the molecule is CCC(NC(=O)CCc1cccnc1)C(=O)O. The number of aliphatic carboxylic acids is 1. The lowest BCUT2D eigenvalue weighted by Crippen LogP contribution is -2.40. The van der Waals surface area contributed by atoms with E-state index in [1.807, 2.05) is 6.07 Å². The summed E-state index contributed by atoms with van der Waals surface area (Å²) in [4.78, 5) is 26.2. The van der Waals surface area contributed by atoms with Crippen LogP contribution in [0.15, 0.2) is 24.5 Å². The second-order valence-corrected chi connectivity index (χ2v) is 3.73. The maximum absolute atomic E-state index is 11.5. The minimum atomic E-state index is -0.998. The van der Waals surface area contributed by atoms with Crippen LogP contribution in [0.1, 0.15) is 25.3 Å². The first-order valence-corrected chi connectivity index (χ1v) is 5.54. The van der Waals surface area contributed by atoms with E-state index < -0.39 is 12.0 Å². The van der Waals surface area contributed by atoms with E-state index in [0.717, 1.165) is 5.56 Å². The average molecular weight is 236 g/mol. The number of carboxylic acid groups (broad SMARTS) is 1. The van der Waals surface area contributed by atoms with Gasteiger partial charge in [-0.25, -0.2) is 4.79 Å². The molecule has 1 amide bonds. The Morgan fingerprint density at radius 2 is 2.29 bits per heavy atom. The van der Waals surface area contributed by atoms with Gasteiger partial charge in [0.15, 0.2) is 0 Å². The Morgan fingerprint density at radius 3 is 2.82 bits per heavy atom. The number of hydrogen-bond donors (Lipinski definition) is 2. The van der Waals surface area contributed by atoms with E-state index in [2.05, 4.69) is 10.3 Å². The third-order valence-electron chi connectivity index (χ3n) is 2.41. The van der Waals surface area contributed by atoms with Crippen molar-refractivity contribution in [1.82, 2.24) is 10.3 Å². The van der Waals surface area contributed by atoms with E-state index in [0.29, 0.717) is 12.8 Å². The van der Waals surface area contributed by atoms with Gasteiger partial charge in [0.05, 0.1) is 0 Å². The first-order valence-electron chi connectivity index (χ1n) is 5.54. The van der Waals surface area contributed by atoms with Gasteiger partial charge in [-0.05, 0) is 24.5 Å². The quantitative estimate of drug-likeness (QED) is 0.772. The fourth-order valence-corrected chi connectivity index (χ4v) is 1.41. The molecule has 1 rings (SSSR count). The predicted octanol–water partition coefficient (Wildman–Crippen LogP) is 0.994. The lowest BCUT2D eigenvalue weighted by atomic mass is 10.1.